The zero-order valence-electron chi connectivity index (χ0n) is 27.0. The van der Waals surface area contributed by atoms with Gasteiger partial charge in [0.05, 0.1) is 37.2 Å². The number of hydrogen-bond donors (Lipinski definition) is 2. The van der Waals surface area contributed by atoms with Crippen molar-refractivity contribution in [1.82, 2.24) is 19.8 Å². The maximum atomic E-state index is 13.6. The van der Waals surface area contributed by atoms with Gasteiger partial charge in [-0.3, -0.25) is 4.79 Å². The van der Waals surface area contributed by atoms with E-state index in [0.29, 0.717) is 36.1 Å². The number of nitriles is 1. The van der Waals surface area contributed by atoms with E-state index in [-0.39, 0.29) is 24.3 Å². The van der Waals surface area contributed by atoms with Crippen LogP contribution in [0.25, 0.3) is 10.8 Å². The molecule has 2 atom stereocenters. The fourth-order valence-electron chi connectivity index (χ4n) is 5.63. The van der Waals surface area contributed by atoms with Gasteiger partial charge >= 0.3 is 0 Å². The maximum Gasteiger partial charge on any atom is 0.226 e. The SMILES string of the molecule is CC[C@H](C)[C@@H](CN(Cc1cccc2ccccc12)C(=S)Nc1ccccc1OC)NC(=O)Cc1cncn1Cc1ccc(C#N)cc1. The highest BCUT2D eigenvalue weighted by Gasteiger charge is 2.25. The van der Waals surface area contributed by atoms with Gasteiger partial charge < -0.3 is 24.8 Å². The van der Waals surface area contributed by atoms with Crippen molar-refractivity contribution >= 4 is 39.7 Å². The standard InChI is InChI=1S/C38H40N6O2S/c1-4-27(2)35(41-37(45)20-32-22-40-26-44(32)23-29-18-16-28(21-39)17-19-29)25-43(38(47)42-34-14-7-8-15-36(34)46-3)24-31-12-9-11-30-10-5-6-13-33(30)31/h5-19,22,26-27,35H,4,20,23-25H2,1-3H3,(H,41,45)(H,42,47)/t27-,35+/m0/s1. The maximum absolute atomic E-state index is 13.6. The van der Waals surface area contributed by atoms with E-state index in [1.165, 1.54) is 5.39 Å². The summed E-state index contributed by atoms with van der Waals surface area (Å²) >= 11 is 6.05. The molecule has 0 spiro atoms. The second kappa shape index (κ2) is 15.9. The molecule has 0 aliphatic rings. The Morgan fingerprint density at radius 3 is 2.55 bits per heavy atom. The van der Waals surface area contributed by atoms with Crippen LogP contribution in [0.3, 0.4) is 0 Å². The largest absolute Gasteiger partial charge is 0.495 e. The number of para-hydroxylation sites is 2. The van der Waals surface area contributed by atoms with Crippen molar-refractivity contribution in [3.05, 3.63) is 126 Å². The summed E-state index contributed by atoms with van der Waals surface area (Å²) in [5, 5.41) is 18.7. The number of nitrogens with zero attached hydrogens (tertiary/aromatic N) is 4. The molecular weight excluding hydrogens is 605 g/mol. The molecule has 1 aromatic heterocycles. The number of carbonyl (C=O) groups excluding carboxylic acids is 1. The van der Waals surface area contributed by atoms with E-state index in [0.717, 1.165) is 34.3 Å². The van der Waals surface area contributed by atoms with Crippen LogP contribution in [0.15, 0.2) is 104 Å². The Labute approximate surface area is 282 Å². The van der Waals surface area contributed by atoms with Crippen LogP contribution in [0.2, 0.25) is 0 Å². The van der Waals surface area contributed by atoms with Gasteiger partial charge in [-0.1, -0.05) is 87.0 Å². The third kappa shape index (κ3) is 8.54. The van der Waals surface area contributed by atoms with Gasteiger partial charge in [0.15, 0.2) is 5.11 Å². The summed E-state index contributed by atoms with van der Waals surface area (Å²) in [5.41, 5.74) is 4.38. The summed E-state index contributed by atoms with van der Waals surface area (Å²) in [4.78, 5) is 20.1. The van der Waals surface area contributed by atoms with E-state index in [1.54, 1.807) is 31.8 Å². The number of carbonyl (C=O) groups is 1. The number of amides is 1. The number of nitrogens with one attached hydrogen (secondary N) is 2. The molecule has 1 heterocycles. The number of ether oxygens (including phenoxy) is 1. The second-order valence-electron chi connectivity index (χ2n) is 11.7. The molecule has 5 rings (SSSR count). The Bertz CT molecular complexity index is 1860. The number of fused-ring (bicyclic) bond motifs is 1. The number of benzene rings is 4. The topological polar surface area (TPSA) is 95.2 Å². The Hall–Kier alpha value is -5.20. The normalized spacial score (nSPS) is 12.1. The molecule has 0 bridgehead atoms. The Kier molecular flexibility index (Phi) is 11.2. The molecular formula is C38H40N6O2S. The predicted molar refractivity (Wildman–Crippen MR) is 191 cm³/mol. The number of anilines is 1. The molecule has 0 radical (unpaired) electrons. The smallest absolute Gasteiger partial charge is 0.226 e. The molecule has 2 N–H and O–H groups in total. The van der Waals surface area contributed by atoms with E-state index < -0.39 is 0 Å². The number of aromatic nitrogens is 2. The molecule has 8 nitrogen and oxygen atoms in total. The molecule has 0 aliphatic carbocycles. The fourth-order valence-corrected chi connectivity index (χ4v) is 5.88. The first kappa shape index (κ1) is 33.2. The Morgan fingerprint density at radius 1 is 1.04 bits per heavy atom. The van der Waals surface area contributed by atoms with E-state index in [2.05, 4.69) is 76.8 Å². The van der Waals surface area contributed by atoms with Gasteiger partial charge in [-0.15, -0.1) is 0 Å². The summed E-state index contributed by atoms with van der Waals surface area (Å²) in [7, 11) is 1.64. The highest BCUT2D eigenvalue weighted by atomic mass is 32.1. The van der Waals surface area contributed by atoms with Gasteiger partial charge in [0, 0.05) is 37.6 Å². The summed E-state index contributed by atoms with van der Waals surface area (Å²) in [6.07, 6.45) is 4.55. The number of methoxy groups -OCH3 is 1. The van der Waals surface area contributed by atoms with Crippen molar-refractivity contribution in [1.29, 1.82) is 5.26 Å². The van der Waals surface area contributed by atoms with Gasteiger partial charge in [-0.2, -0.15) is 5.26 Å². The average Bonchev–Trinajstić information content (AvgIpc) is 3.53. The van der Waals surface area contributed by atoms with E-state index in [1.807, 2.05) is 47.0 Å². The quantitative estimate of drug-likeness (QED) is 0.134. The van der Waals surface area contributed by atoms with Crippen molar-refractivity contribution < 1.29 is 9.53 Å². The van der Waals surface area contributed by atoms with Crippen LogP contribution < -0.4 is 15.4 Å². The molecule has 47 heavy (non-hydrogen) atoms. The molecule has 0 saturated carbocycles. The van der Waals surface area contributed by atoms with E-state index >= 15 is 0 Å². The summed E-state index contributed by atoms with van der Waals surface area (Å²) in [6.45, 7) is 5.92. The van der Waals surface area contributed by atoms with Crippen molar-refractivity contribution in [2.75, 3.05) is 19.0 Å². The van der Waals surface area contributed by atoms with Gasteiger partial charge in [-0.05, 0) is 64.3 Å². The van der Waals surface area contributed by atoms with Crippen LogP contribution in [0.1, 0.15) is 42.7 Å². The molecule has 0 aliphatic heterocycles. The molecule has 1 amide bonds. The number of imidazole rings is 1. The van der Waals surface area contributed by atoms with Crippen LogP contribution in [0.4, 0.5) is 5.69 Å². The summed E-state index contributed by atoms with van der Waals surface area (Å²) in [5.74, 6) is 0.807. The lowest BCUT2D eigenvalue weighted by atomic mass is 9.97. The number of thiocarbonyl (C=S) groups is 1. The minimum atomic E-state index is -0.171. The van der Waals surface area contributed by atoms with Crippen LogP contribution >= 0.6 is 12.2 Å². The first-order valence-electron chi connectivity index (χ1n) is 15.8. The summed E-state index contributed by atoms with van der Waals surface area (Å²) in [6, 6.07) is 31.8. The lowest BCUT2D eigenvalue weighted by Crippen LogP contribution is -2.50. The van der Waals surface area contributed by atoms with E-state index in [4.69, 9.17) is 22.2 Å². The van der Waals surface area contributed by atoms with Gasteiger partial charge in [0.25, 0.3) is 0 Å². The van der Waals surface area contributed by atoms with Gasteiger partial charge in [0.2, 0.25) is 5.91 Å². The van der Waals surface area contributed by atoms with Crippen molar-refractivity contribution in [3.8, 4) is 11.8 Å². The van der Waals surface area contributed by atoms with Crippen LogP contribution in [-0.2, 0) is 24.3 Å². The third-order valence-electron chi connectivity index (χ3n) is 8.55. The zero-order chi connectivity index (χ0) is 33.2. The molecule has 4 aromatic carbocycles. The van der Waals surface area contributed by atoms with Crippen LogP contribution in [0, 0.1) is 17.2 Å². The summed E-state index contributed by atoms with van der Waals surface area (Å²) < 4.78 is 7.55. The zero-order valence-corrected chi connectivity index (χ0v) is 27.8. The first-order valence-corrected chi connectivity index (χ1v) is 16.2. The van der Waals surface area contributed by atoms with Crippen LogP contribution in [-0.4, -0.2) is 45.2 Å². The molecule has 240 valence electrons. The highest BCUT2D eigenvalue weighted by Crippen LogP contribution is 2.25. The Balaban J connectivity index is 1.36. The second-order valence-corrected chi connectivity index (χ2v) is 12.1. The Morgan fingerprint density at radius 2 is 1.79 bits per heavy atom. The van der Waals surface area contributed by atoms with Gasteiger partial charge in [0.1, 0.15) is 5.75 Å². The number of rotatable bonds is 13. The minimum absolute atomic E-state index is 0.0782. The van der Waals surface area contributed by atoms with Crippen molar-refractivity contribution in [3.63, 3.8) is 0 Å². The first-order chi connectivity index (χ1) is 22.9. The van der Waals surface area contributed by atoms with E-state index in [9.17, 15) is 4.79 Å². The molecule has 5 aromatic rings. The van der Waals surface area contributed by atoms with Crippen LogP contribution in [0.5, 0.6) is 5.75 Å². The molecule has 0 saturated heterocycles. The van der Waals surface area contributed by atoms with Crippen molar-refractivity contribution in [2.24, 2.45) is 5.92 Å². The minimum Gasteiger partial charge on any atom is -0.495 e. The lowest BCUT2D eigenvalue weighted by molar-refractivity contribution is -0.121. The predicted octanol–water partition coefficient (Wildman–Crippen LogP) is 6.94. The fraction of sp³-hybridized carbons (Fsp3) is 0.263. The monoisotopic (exact) mass is 644 g/mol. The van der Waals surface area contributed by atoms with Crippen molar-refractivity contribution in [2.45, 2.75) is 45.8 Å². The van der Waals surface area contributed by atoms with Gasteiger partial charge in [-0.25, -0.2) is 4.98 Å². The number of hydrogen-bond acceptors (Lipinski definition) is 5. The third-order valence-corrected chi connectivity index (χ3v) is 8.91. The average molecular weight is 645 g/mol. The molecule has 0 fully saturated rings. The highest BCUT2D eigenvalue weighted by molar-refractivity contribution is 7.80. The molecule has 0 unspecified atom stereocenters. The molecule has 9 heteroatoms. The lowest BCUT2D eigenvalue weighted by Gasteiger charge is -2.33.